The van der Waals surface area contributed by atoms with E-state index in [-0.39, 0.29) is 17.7 Å². The fourth-order valence-electron chi connectivity index (χ4n) is 2.34. The molecule has 1 aromatic rings. The second kappa shape index (κ2) is 6.16. The van der Waals surface area contributed by atoms with Crippen LogP contribution >= 0.6 is 0 Å². The van der Waals surface area contributed by atoms with E-state index in [1.165, 1.54) is 7.11 Å². The Balaban J connectivity index is 1.95. The lowest BCUT2D eigenvalue weighted by Gasteiger charge is -2.16. The smallest absolute Gasteiger partial charge is 0.168 e. The lowest BCUT2D eigenvalue weighted by atomic mass is 10.0. The van der Waals surface area contributed by atoms with Gasteiger partial charge in [0.15, 0.2) is 11.6 Å². The summed E-state index contributed by atoms with van der Waals surface area (Å²) in [5, 5.41) is 9.96. The number of ether oxygens (including phenoxy) is 2. The molecule has 4 heteroatoms. The summed E-state index contributed by atoms with van der Waals surface area (Å²) in [4.78, 5) is 0. The molecule has 1 aliphatic heterocycles. The van der Waals surface area contributed by atoms with E-state index in [0.29, 0.717) is 18.4 Å². The van der Waals surface area contributed by atoms with Crippen molar-refractivity contribution in [1.29, 1.82) is 0 Å². The molecule has 1 heterocycles. The van der Waals surface area contributed by atoms with Crippen molar-refractivity contribution in [2.75, 3.05) is 13.7 Å². The van der Waals surface area contributed by atoms with Crippen LogP contribution in [0.1, 0.15) is 24.8 Å². The first kappa shape index (κ1) is 13.3. The van der Waals surface area contributed by atoms with Gasteiger partial charge in [0.2, 0.25) is 0 Å². The van der Waals surface area contributed by atoms with Gasteiger partial charge in [-0.15, -0.1) is 0 Å². The molecule has 2 rings (SSSR count). The minimum absolute atomic E-state index is 0.119. The van der Waals surface area contributed by atoms with Crippen molar-refractivity contribution in [2.24, 2.45) is 0 Å². The second-order valence-corrected chi connectivity index (χ2v) is 4.66. The van der Waals surface area contributed by atoms with Crippen molar-refractivity contribution in [3.05, 3.63) is 29.6 Å². The zero-order chi connectivity index (χ0) is 13.0. The fraction of sp³-hybridized carbons (Fsp3) is 0.571. The van der Waals surface area contributed by atoms with Gasteiger partial charge in [0, 0.05) is 13.0 Å². The molecule has 1 aliphatic rings. The zero-order valence-electron chi connectivity index (χ0n) is 10.6. The van der Waals surface area contributed by atoms with E-state index in [1.54, 1.807) is 18.2 Å². The Morgan fingerprint density at radius 2 is 2.39 bits per heavy atom. The highest BCUT2D eigenvalue weighted by Gasteiger charge is 2.21. The van der Waals surface area contributed by atoms with Gasteiger partial charge in [0.05, 0.1) is 19.3 Å². The second-order valence-electron chi connectivity index (χ2n) is 4.66. The van der Waals surface area contributed by atoms with Crippen LogP contribution in [0.3, 0.4) is 0 Å². The highest BCUT2D eigenvalue weighted by Crippen LogP contribution is 2.23. The molecule has 0 aromatic heterocycles. The molecule has 2 atom stereocenters. The molecule has 0 spiro atoms. The Morgan fingerprint density at radius 3 is 3.06 bits per heavy atom. The molecule has 1 aromatic carbocycles. The Bertz CT molecular complexity index is 389. The predicted octanol–water partition coefficient (Wildman–Crippen LogP) is 2.31. The molecule has 18 heavy (non-hydrogen) atoms. The standard InChI is InChI=1S/C14H19FO3/c1-17-13-6-2-4-10(14(13)15)8-11(16)9-12-5-3-7-18-12/h2,4,6,11-12,16H,3,5,7-9H2,1H3. The first-order valence-electron chi connectivity index (χ1n) is 6.31. The predicted molar refractivity (Wildman–Crippen MR) is 66.3 cm³/mol. The summed E-state index contributed by atoms with van der Waals surface area (Å²) < 4.78 is 24.3. The summed E-state index contributed by atoms with van der Waals surface area (Å²) in [7, 11) is 1.44. The molecule has 0 aliphatic carbocycles. The summed E-state index contributed by atoms with van der Waals surface area (Å²) in [5.74, 6) is -0.164. The van der Waals surface area contributed by atoms with Gasteiger partial charge in [-0.3, -0.25) is 0 Å². The van der Waals surface area contributed by atoms with Gasteiger partial charge < -0.3 is 14.6 Å². The van der Waals surface area contributed by atoms with Crippen LogP contribution < -0.4 is 4.74 Å². The van der Waals surface area contributed by atoms with E-state index in [1.807, 2.05) is 0 Å². The largest absolute Gasteiger partial charge is 0.494 e. The van der Waals surface area contributed by atoms with Gasteiger partial charge in [-0.2, -0.15) is 0 Å². The quantitative estimate of drug-likeness (QED) is 0.876. The van der Waals surface area contributed by atoms with Gasteiger partial charge in [-0.1, -0.05) is 12.1 Å². The van der Waals surface area contributed by atoms with E-state index >= 15 is 0 Å². The topological polar surface area (TPSA) is 38.7 Å². The third kappa shape index (κ3) is 3.21. The Labute approximate surface area is 107 Å². The summed E-state index contributed by atoms with van der Waals surface area (Å²) in [5.41, 5.74) is 0.486. The average molecular weight is 254 g/mol. The van der Waals surface area contributed by atoms with Crippen molar-refractivity contribution in [1.82, 2.24) is 0 Å². The fourth-order valence-corrected chi connectivity index (χ4v) is 2.34. The maximum atomic E-state index is 13.9. The normalized spacial score (nSPS) is 20.9. The number of hydrogen-bond acceptors (Lipinski definition) is 3. The molecule has 0 radical (unpaired) electrons. The molecule has 3 nitrogen and oxygen atoms in total. The average Bonchev–Trinajstić information content (AvgIpc) is 2.84. The van der Waals surface area contributed by atoms with E-state index in [9.17, 15) is 9.50 Å². The number of aliphatic hydroxyl groups is 1. The highest BCUT2D eigenvalue weighted by atomic mass is 19.1. The van der Waals surface area contributed by atoms with E-state index in [4.69, 9.17) is 9.47 Å². The summed E-state index contributed by atoms with van der Waals surface area (Å²) in [6.45, 7) is 0.769. The van der Waals surface area contributed by atoms with Crippen LogP contribution in [0.5, 0.6) is 5.75 Å². The third-order valence-corrected chi connectivity index (χ3v) is 3.28. The Hall–Kier alpha value is -1.13. The number of halogens is 1. The molecule has 100 valence electrons. The van der Waals surface area contributed by atoms with E-state index in [0.717, 1.165) is 19.4 Å². The monoisotopic (exact) mass is 254 g/mol. The number of rotatable bonds is 5. The molecular weight excluding hydrogens is 235 g/mol. The lowest BCUT2D eigenvalue weighted by Crippen LogP contribution is -2.19. The van der Waals surface area contributed by atoms with Crippen LogP contribution in [0.25, 0.3) is 0 Å². The summed E-state index contributed by atoms with van der Waals surface area (Å²) in [6, 6.07) is 4.98. The summed E-state index contributed by atoms with van der Waals surface area (Å²) >= 11 is 0. The third-order valence-electron chi connectivity index (χ3n) is 3.28. The number of aliphatic hydroxyl groups excluding tert-OH is 1. The summed E-state index contributed by atoms with van der Waals surface area (Å²) in [6.07, 6.45) is 2.44. The maximum Gasteiger partial charge on any atom is 0.168 e. The minimum atomic E-state index is -0.574. The van der Waals surface area contributed by atoms with Crippen molar-refractivity contribution in [2.45, 2.75) is 37.9 Å². The van der Waals surface area contributed by atoms with Crippen molar-refractivity contribution < 1.29 is 19.0 Å². The Kier molecular flexibility index (Phi) is 4.55. The van der Waals surface area contributed by atoms with Gasteiger partial charge in [-0.25, -0.2) is 4.39 Å². The van der Waals surface area contributed by atoms with Gasteiger partial charge in [0.25, 0.3) is 0 Å². The van der Waals surface area contributed by atoms with Gasteiger partial charge in [0.1, 0.15) is 0 Å². The van der Waals surface area contributed by atoms with Crippen molar-refractivity contribution in [3.63, 3.8) is 0 Å². The van der Waals surface area contributed by atoms with Crippen LogP contribution in [0.15, 0.2) is 18.2 Å². The first-order valence-corrected chi connectivity index (χ1v) is 6.31. The molecule has 1 saturated heterocycles. The SMILES string of the molecule is COc1cccc(CC(O)CC2CCCO2)c1F. The highest BCUT2D eigenvalue weighted by molar-refractivity contribution is 5.31. The Morgan fingerprint density at radius 1 is 1.56 bits per heavy atom. The molecule has 1 N–H and O–H groups in total. The van der Waals surface area contributed by atoms with Crippen LogP contribution in [0.4, 0.5) is 4.39 Å². The van der Waals surface area contributed by atoms with E-state index < -0.39 is 6.10 Å². The lowest BCUT2D eigenvalue weighted by molar-refractivity contribution is 0.0537. The van der Waals surface area contributed by atoms with E-state index in [2.05, 4.69) is 0 Å². The molecule has 0 saturated carbocycles. The van der Waals surface area contributed by atoms with Crippen LogP contribution in [0, 0.1) is 5.82 Å². The maximum absolute atomic E-state index is 13.9. The van der Waals surface area contributed by atoms with Crippen LogP contribution in [0.2, 0.25) is 0 Å². The minimum Gasteiger partial charge on any atom is -0.494 e. The molecule has 0 bridgehead atoms. The number of hydrogen-bond donors (Lipinski definition) is 1. The van der Waals surface area contributed by atoms with Crippen molar-refractivity contribution in [3.8, 4) is 5.75 Å². The molecule has 0 amide bonds. The first-order chi connectivity index (χ1) is 8.70. The van der Waals surface area contributed by atoms with Crippen LogP contribution in [-0.2, 0) is 11.2 Å². The number of benzene rings is 1. The van der Waals surface area contributed by atoms with Crippen molar-refractivity contribution >= 4 is 0 Å². The molecular formula is C14H19FO3. The number of methoxy groups -OCH3 is 1. The molecule has 1 fully saturated rings. The van der Waals surface area contributed by atoms with Gasteiger partial charge in [-0.05, 0) is 30.9 Å². The zero-order valence-corrected chi connectivity index (χ0v) is 10.6. The van der Waals surface area contributed by atoms with Crippen LogP contribution in [-0.4, -0.2) is 31.0 Å². The van der Waals surface area contributed by atoms with Gasteiger partial charge >= 0.3 is 0 Å². The molecule has 2 unspecified atom stereocenters.